The Balaban J connectivity index is 2.31. The first-order valence-electron chi connectivity index (χ1n) is 7.27. The van der Waals surface area contributed by atoms with Crippen LogP contribution in [0.1, 0.15) is 45.1 Å². The van der Waals surface area contributed by atoms with Gasteiger partial charge < -0.3 is 9.84 Å². The van der Waals surface area contributed by atoms with Crippen molar-refractivity contribution in [3.05, 3.63) is 29.8 Å². The number of rotatable bonds is 3. The number of aliphatic hydroxyl groups is 1. The van der Waals surface area contributed by atoms with Gasteiger partial charge in [-0.05, 0) is 45.6 Å². The summed E-state index contributed by atoms with van der Waals surface area (Å²) in [5, 5.41) is 10.8. The number of halogens is 3. The van der Waals surface area contributed by atoms with Gasteiger partial charge in [0.2, 0.25) is 0 Å². The van der Waals surface area contributed by atoms with E-state index in [1.165, 1.54) is 0 Å². The van der Waals surface area contributed by atoms with Crippen LogP contribution in [0.5, 0.6) is 5.75 Å². The minimum Gasteiger partial charge on any atom is -0.491 e. The minimum atomic E-state index is -4.26. The van der Waals surface area contributed by atoms with Crippen molar-refractivity contribution in [3.63, 3.8) is 0 Å². The van der Waals surface area contributed by atoms with Gasteiger partial charge in [-0.2, -0.15) is 13.2 Å². The van der Waals surface area contributed by atoms with E-state index in [0.717, 1.165) is 0 Å². The van der Waals surface area contributed by atoms with Crippen LogP contribution < -0.4 is 4.74 Å². The molecule has 0 aliphatic heterocycles. The molecule has 1 saturated carbocycles. The lowest BCUT2D eigenvalue weighted by atomic mass is 9.74. The fourth-order valence-electron chi connectivity index (χ4n) is 2.98. The first-order valence-corrected chi connectivity index (χ1v) is 7.27. The van der Waals surface area contributed by atoms with Crippen LogP contribution in [0, 0.1) is 5.92 Å². The molecule has 0 amide bonds. The van der Waals surface area contributed by atoms with Gasteiger partial charge >= 0.3 is 6.18 Å². The van der Waals surface area contributed by atoms with Crippen molar-refractivity contribution in [2.75, 3.05) is 0 Å². The second kappa shape index (κ2) is 5.87. The second-order valence-electron chi connectivity index (χ2n) is 6.03. The fraction of sp³-hybridized carbons (Fsp3) is 0.625. The van der Waals surface area contributed by atoms with Crippen LogP contribution in [-0.4, -0.2) is 17.4 Å². The molecule has 1 aromatic rings. The van der Waals surface area contributed by atoms with E-state index in [0.29, 0.717) is 24.2 Å². The maximum absolute atomic E-state index is 13.0. The third-order valence-corrected chi connectivity index (χ3v) is 3.94. The van der Waals surface area contributed by atoms with Crippen molar-refractivity contribution in [3.8, 4) is 5.75 Å². The minimum absolute atomic E-state index is 0.0824. The highest BCUT2D eigenvalue weighted by molar-refractivity contribution is 5.38. The van der Waals surface area contributed by atoms with Gasteiger partial charge in [0, 0.05) is 5.56 Å². The SMILES string of the molecule is CC(C)Oc1ccccc1C1(O)CCCC(C(F)(F)F)C1. The highest BCUT2D eigenvalue weighted by Gasteiger charge is 2.48. The number of para-hydroxylation sites is 1. The number of ether oxygens (including phenoxy) is 1. The smallest absolute Gasteiger partial charge is 0.391 e. The van der Waals surface area contributed by atoms with Crippen molar-refractivity contribution in [1.82, 2.24) is 0 Å². The molecule has 0 bridgehead atoms. The van der Waals surface area contributed by atoms with Crippen LogP contribution >= 0.6 is 0 Å². The molecule has 1 aromatic carbocycles. The summed E-state index contributed by atoms with van der Waals surface area (Å²) in [6.45, 7) is 3.69. The number of alkyl halides is 3. The lowest BCUT2D eigenvalue weighted by Gasteiger charge is -2.38. The van der Waals surface area contributed by atoms with E-state index < -0.39 is 17.7 Å². The molecule has 1 N–H and O–H groups in total. The number of hydrogen-bond acceptors (Lipinski definition) is 2. The third-order valence-electron chi connectivity index (χ3n) is 3.94. The molecule has 0 radical (unpaired) electrons. The highest BCUT2D eigenvalue weighted by Crippen LogP contribution is 2.48. The van der Waals surface area contributed by atoms with Crippen molar-refractivity contribution >= 4 is 0 Å². The molecule has 118 valence electrons. The van der Waals surface area contributed by atoms with Crippen molar-refractivity contribution in [2.24, 2.45) is 5.92 Å². The average Bonchev–Trinajstić information content (AvgIpc) is 2.37. The highest BCUT2D eigenvalue weighted by atomic mass is 19.4. The Morgan fingerprint density at radius 2 is 1.95 bits per heavy atom. The molecule has 2 nitrogen and oxygen atoms in total. The zero-order valence-corrected chi connectivity index (χ0v) is 12.3. The standard InChI is InChI=1S/C16H21F3O2/c1-11(2)21-14-8-4-3-7-13(14)15(20)9-5-6-12(10-15)16(17,18)19/h3-4,7-8,11-12,20H,5-6,9-10H2,1-2H3. The van der Waals surface area contributed by atoms with Gasteiger partial charge in [-0.1, -0.05) is 18.2 Å². The van der Waals surface area contributed by atoms with E-state index in [2.05, 4.69) is 0 Å². The summed E-state index contributed by atoms with van der Waals surface area (Å²) in [7, 11) is 0. The molecule has 0 aromatic heterocycles. The molecule has 2 rings (SSSR count). The van der Waals surface area contributed by atoms with Gasteiger partial charge in [0.1, 0.15) is 5.75 Å². The Hall–Kier alpha value is -1.23. The molecule has 0 spiro atoms. The van der Waals surface area contributed by atoms with Gasteiger partial charge in [0.25, 0.3) is 0 Å². The molecular weight excluding hydrogens is 281 g/mol. The summed E-state index contributed by atoms with van der Waals surface area (Å²) < 4.78 is 44.5. The fourth-order valence-corrected chi connectivity index (χ4v) is 2.98. The van der Waals surface area contributed by atoms with Crippen LogP contribution in [0.15, 0.2) is 24.3 Å². The van der Waals surface area contributed by atoms with Crippen molar-refractivity contribution < 1.29 is 23.0 Å². The first kappa shape index (κ1) is 16.1. The molecule has 1 aliphatic carbocycles. The molecule has 5 heteroatoms. The molecule has 1 fully saturated rings. The summed E-state index contributed by atoms with van der Waals surface area (Å²) in [4.78, 5) is 0. The summed E-state index contributed by atoms with van der Waals surface area (Å²) in [6, 6.07) is 6.84. The monoisotopic (exact) mass is 302 g/mol. The Morgan fingerprint density at radius 1 is 1.29 bits per heavy atom. The molecule has 2 unspecified atom stereocenters. The van der Waals surface area contributed by atoms with E-state index in [4.69, 9.17) is 4.74 Å². The average molecular weight is 302 g/mol. The van der Waals surface area contributed by atoms with Crippen molar-refractivity contribution in [1.29, 1.82) is 0 Å². The topological polar surface area (TPSA) is 29.5 Å². The normalized spacial score (nSPS) is 26.9. The first-order chi connectivity index (χ1) is 9.72. The van der Waals surface area contributed by atoms with Gasteiger partial charge in [0.05, 0.1) is 17.6 Å². The molecule has 1 aliphatic rings. The molecule has 0 heterocycles. The Kier molecular flexibility index (Phi) is 4.51. The van der Waals surface area contributed by atoms with Gasteiger partial charge in [-0.25, -0.2) is 0 Å². The van der Waals surface area contributed by atoms with Crippen LogP contribution in [-0.2, 0) is 5.60 Å². The summed E-state index contributed by atoms with van der Waals surface area (Å²) in [5.74, 6) is -0.985. The van der Waals surface area contributed by atoms with Gasteiger partial charge in [-0.3, -0.25) is 0 Å². The number of benzene rings is 1. The Labute approximate surface area is 122 Å². The van der Waals surface area contributed by atoms with E-state index >= 15 is 0 Å². The maximum atomic E-state index is 13.0. The molecule has 21 heavy (non-hydrogen) atoms. The molecular formula is C16H21F3O2. The predicted octanol–water partition coefficient (Wildman–Crippen LogP) is 4.41. The van der Waals surface area contributed by atoms with E-state index in [9.17, 15) is 18.3 Å². The van der Waals surface area contributed by atoms with Crippen LogP contribution in [0.25, 0.3) is 0 Å². The summed E-state index contributed by atoms with van der Waals surface area (Å²) in [5.41, 5.74) is -1.00. The molecule has 2 atom stereocenters. The summed E-state index contributed by atoms with van der Waals surface area (Å²) >= 11 is 0. The van der Waals surface area contributed by atoms with Crippen molar-refractivity contribution in [2.45, 2.75) is 57.4 Å². The second-order valence-corrected chi connectivity index (χ2v) is 6.03. The number of hydrogen-bond donors (Lipinski definition) is 1. The third kappa shape index (κ3) is 3.70. The zero-order chi connectivity index (χ0) is 15.7. The van der Waals surface area contributed by atoms with Crippen LogP contribution in [0.4, 0.5) is 13.2 Å². The maximum Gasteiger partial charge on any atom is 0.391 e. The Bertz CT molecular complexity index is 485. The van der Waals surface area contributed by atoms with E-state index in [1.54, 1.807) is 24.3 Å². The van der Waals surface area contributed by atoms with Gasteiger partial charge in [0.15, 0.2) is 0 Å². The summed E-state index contributed by atoms with van der Waals surface area (Å²) in [6.07, 6.45) is -3.89. The zero-order valence-electron chi connectivity index (χ0n) is 12.3. The lowest BCUT2D eigenvalue weighted by Crippen LogP contribution is -2.38. The Morgan fingerprint density at radius 3 is 2.57 bits per heavy atom. The van der Waals surface area contributed by atoms with E-state index in [1.807, 2.05) is 13.8 Å². The van der Waals surface area contributed by atoms with Gasteiger partial charge in [-0.15, -0.1) is 0 Å². The van der Waals surface area contributed by atoms with E-state index in [-0.39, 0.29) is 18.9 Å². The van der Waals surface area contributed by atoms with Crippen LogP contribution in [0.2, 0.25) is 0 Å². The quantitative estimate of drug-likeness (QED) is 0.896. The lowest BCUT2D eigenvalue weighted by molar-refractivity contribution is -0.202. The molecule has 0 saturated heterocycles. The predicted molar refractivity (Wildman–Crippen MR) is 74.1 cm³/mol. The largest absolute Gasteiger partial charge is 0.491 e. The van der Waals surface area contributed by atoms with Crippen LogP contribution in [0.3, 0.4) is 0 Å².